The van der Waals surface area contributed by atoms with Crippen molar-refractivity contribution in [3.05, 3.63) is 57.8 Å². The highest BCUT2D eigenvalue weighted by atomic mass is 35.5. The van der Waals surface area contributed by atoms with Crippen LogP contribution in [-0.2, 0) is 7.05 Å². The molecule has 0 fully saturated rings. The lowest BCUT2D eigenvalue weighted by atomic mass is 10.0. The number of halogens is 2. The first-order valence-electron chi connectivity index (χ1n) is 7.02. The molecule has 0 aliphatic carbocycles. The van der Waals surface area contributed by atoms with Crippen LogP contribution in [0.15, 0.2) is 36.4 Å². The average molecular weight is 341 g/mol. The monoisotopic (exact) mass is 340 g/mol. The number of carbonyl (C=O) groups is 1. The van der Waals surface area contributed by atoms with Gasteiger partial charge in [-0.1, -0.05) is 53.5 Å². The largest absolute Gasteiger partial charge is 0.396 e. The number of nitrogens with one attached hydrogen (secondary N) is 1. The molecule has 0 saturated heterocycles. The van der Waals surface area contributed by atoms with Crippen LogP contribution in [0.3, 0.4) is 0 Å². The van der Waals surface area contributed by atoms with Gasteiger partial charge in [-0.2, -0.15) is 0 Å². The highest BCUT2D eigenvalue weighted by Crippen LogP contribution is 2.26. The van der Waals surface area contributed by atoms with Crippen LogP contribution < -0.4 is 5.32 Å². The van der Waals surface area contributed by atoms with Crippen molar-refractivity contribution in [1.82, 2.24) is 9.88 Å². The Bertz CT molecular complexity index is 641. The number of aliphatic hydroxyl groups excluding tert-OH is 1. The van der Waals surface area contributed by atoms with Crippen molar-refractivity contribution in [2.24, 2.45) is 7.05 Å². The maximum Gasteiger partial charge on any atom is 0.268 e. The SMILES string of the molecule is Cn1c(C(=O)NC(CCCO)c2ccccc2)cc(Cl)c1Cl. The van der Waals surface area contributed by atoms with Gasteiger partial charge in [0.15, 0.2) is 0 Å². The summed E-state index contributed by atoms with van der Waals surface area (Å²) in [4.78, 5) is 12.5. The molecule has 1 unspecified atom stereocenters. The first-order chi connectivity index (χ1) is 10.5. The maximum atomic E-state index is 12.5. The number of benzene rings is 1. The summed E-state index contributed by atoms with van der Waals surface area (Å²) in [6, 6.07) is 11.0. The van der Waals surface area contributed by atoms with Crippen molar-refractivity contribution in [2.75, 3.05) is 6.61 Å². The lowest BCUT2D eigenvalue weighted by Gasteiger charge is -2.19. The molecule has 0 saturated carbocycles. The summed E-state index contributed by atoms with van der Waals surface area (Å²) in [6.45, 7) is 0.0843. The van der Waals surface area contributed by atoms with Crippen LogP contribution in [0, 0.1) is 0 Å². The van der Waals surface area contributed by atoms with E-state index in [4.69, 9.17) is 28.3 Å². The summed E-state index contributed by atoms with van der Waals surface area (Å²) in [7, 11) is 1.69. The molecule has 6 heteroatoms. The van der Waals surface area contributed by atoms with E-state index in [0.717, 1.165) is 5.56 Å². The molecule has 22 heavy (non-hydrogen) atoms. The molecule has 4 nitrogen and oxygen atoms in total. The van der Waals surface area contributed by atoms with Crippen LogP contribution in [0.5, 0.6) is 0 Å². The van der Waals surface area contributed by atoms with Crippen molar-refractivity contribution < 1.29 is 9.90 Å². The number of aromatic nitrogens is 1. The van der Waals surface area contributed by atoms with E-state index >= 15 is 0 Å². The molecule has 1 atom stereocenters. The molecule has 1 aromatic carbocycles. The Kier molecular flexibility index (Phi) is 5.89. The van der Waals surface area contributed by atoms with Crippen LogP contribution in [-0.4, -0.2) is 22.2 Å². The fraction of sp³-hybridized carbons (Fsp3) is 0.312. The van der Waals surface area contributed by atoms with E-state index < -0.39 is 0 Å². The van der Waals surface area contributed by atoms with Gasteiger partial charge in [0.2, 0.25) is 0 Å². The van der Waals surface area contributed by atoms with E-state index in [1.807, 2.05) is 30.3 Å². The van der Waals surface area contributed by atoms with Gasteiger partial charge in [-0.05, 0) is 24.5 Å². The smallest absolute Gasteiger partial charge is 0.268 e. The van der Waals surface area contributed by atoms with Gasteiger partial charge >= 0.3 is 0 Å². The predicted octanol–water partition coefficient (Wildman–Crippen LogP) is 3.58. The Hall–Kier alpha value is -1.49. The van der Waals surface area contributed by atoms with Gasteiger partial charge in [-0.15, -0.1) is 0 Å². The molecular formula is C16H18Cl2N2O2. The van der Waals surface area contributed by atoms with E-state index in [0.29, 0.717) is 28.7 Å². The molecule has 2 N–H and O–H groups in total. The number of carbonyl (C=O) groups excluding carboxylic acids is 1. The second-order valence-electron chi connectivity index (χ2n) is 5.03. The fourth-order valence-corrected chi connectivity index (χ4v) is 2.67. The highest BCUT2D eigenvalue weighted by Gasteiger charge is 2.19. The van der Waals surface area contributed by atoms with Gasteiger partial charge in [0.1, 0.15) is 10.8 Å². The Morgan fingerprint density at radius 3 is 2.55 bits per heavy atom. The van der Waals surface area contributed by atoms with Gasteiger partial charge < -0.3 is 15.0 Å². The lowest BCUT2D eigenvalue weighted by molar-refractivity contribution is 0.0924. The molecule has 0 spiro atoms. The maximum absolute atomic E-state index is 12.5. The molecule has 1 heterocycles. The van der Waals surface area contributed by atoms with Crippen molar-refractivity contribution in [1.29, 1.82) is 0 Å². The molecule has 0 radical (unpaired) electrons. The van der Waals surface area contributed by atoms with Crippen LogP contribution in [0.4, 0.5) is 0 Å². The van der Waals surface area contributed by atoms with E-state index in [-0.39, 0.29) is 18.6 Å². The van der Waals surface area contributed by atoms with Gasteiger partial charge in [0.25, 0.3) is 5.91 Å². The second kappa shape index (κ2) is 7.68. The quantitative estimate of drug-likeness (QED) is 0.844. The minimum absolute atomic E-state index is 0.0843. The first kappa shape index (κ1) is 16.9. The van der Waals surface area contributed by atoms with Crippen molar-refractivity contribution >= 4 is 29.1 Å². The van der Waals surface area contributed by atoms with E-state index in [2.05, 4.69) is 5.32 Å². The number of amides is 1. The van der Waals surface area contributed by atoms with Gasteiger partial charge in [-0.25, -0.2) is 0 Å². The van der Waals surface area contributed by atoms with Gasteiger partial charge in [0.05, 0.1) is 11.1 Å². The summed E-state index contributed by atoms with van der Waals surface area (Å²) in [5, 5.41) is 12.7. The topological polar surface area (TPSA) is 54.3 Å². The first-order valence-corrected chi connectivity index (χ1v) is 7.77. The number of aliphatic hydroxyl groups is 1. The summed E-state index contributed by atoms with van der Waals surface area (Å²) >= 11 is 11.9. The second-order valence-corrected chi connectivity index (χ2v) is 5.80. The van der Waals surface area contributed by atoms with Crippen molar-refractivity contribution in [2.45, 2.75) is 18.9 Å². The molecule has 0 aliphatic heterocycles. The minimum atomic E-state index is -0.247. The number of nitrogens with zero attached hydrogens (tertiary/aromatic N) is 1. The molecule has 0 aliphatic rings. The number of rotatable bonds is 6. The normalized spacial score (nSPS) is 12.2. The Morgan fingerprint density at radius 1 is 1.32 bits per heavy atom. The fourth-order valence-electron chi connectivity index (χ4n) is 2.30. The molecule has 1 aromatic heterocycles. The van der Waals surface area contributed by atoms with E-state index in [9.17, 15) is 4.79 Å². The van der Waals surface area contributed by atoms with Crippen LogP contribution in [0.2, 0.25) is 10.2 Å². The Morgan fingerprint density at radius 2 is 2.00 bits per heavy atom. The van der Waals surface area contributed by atoms with Crippen LogP contribution >= 0.6 is 23.2 Å². The average Bonchev–Trinajstić information content (AvgIpc) is 2.79. The molecular weight excluding hydrogens is 323 g/mol. The van der Waals surface area contributed by atoms with Crippen LogP contribution in [0.25, 0.3) is 0 Å². The van der Waals surface area contributed by atoms with Crippen LogP contribution in [0.1, 0.15) is 34.9 Å². The minimum Gasteiger partial charge on any atom is -0.396 e. The molecule has 118 valence electrons. The third kappa shape index (κ3) is 3.83. The van der Waals surface area contributed by atoms with Gasteiger partial charge in [0, 0.05) is 13.7 Å². The number of hydrogen-bond acceptors (Lipinski definition) is 2. The van der Waals surface area contributed by atoms with E-state index in [1.54, 1.807) is 17.7 Å². The van der Waals surface area contributed by atoms with E-state index in [1.165, 1.54) is 0 Å². The molecule has 2 aromatic rings. The molecule has 0 bridgehead atoms. The predicted molar refractivity (Wildman–Crippen MR) is 88.4 cm³/mol. The van der Waals surface area contributed by atoms with Gasteiger partial charge in [-0.3, -0.25) is 4.79 Å². The standard InChI is InChI=1S/C16H18Cl2N2O2/c1-20-14(10-12(17)15(20)18)16(22)19-13(8-5-9-21)11-6-3-2-4-7-11/h2-4,6-7,10,13,21H,5,8-9H2,1H3,(H,19,22). The van der Waals surface area contributed by atoms with Crippen molar-refractivity contribution in [3.63, 3.8) is 0 Å². The summed E-state index contributed by atoms with van der Waals surface area (Å²) in [6.07, 6.45) is 1.26. The highest BCUT2D eigenvalue weighted by molar-refractivity contribution is 6.41. The van der Waals surface area contributed by atoms with Crippen molar-refractivity contribution in [3.8, 4) is 0 Å². The molecule has 1 amide bonds. The zero-order valence-corrected chi connectivity index (χ0v) is 13.7. The summed E-state index contributed by atoms with van der Waals surface area (Å²) in [5.74, 6) is -0.247. The zero-order valence-electron chi connectivity index (χ0n) is 12.2. The number of hydrogen-bond donors (Lipinski definition) is 2. The summed E-state index contributed by atoms with van der Waals surface area (Å²) in [5.41, 5.74) is 1.40. The Balaban J connectivity index is 2.19. The third-order valence-corrected chi connectivity index (χ3v) is 4.35. The third-order valence-electron chi connectivity index (χ3n) is 3.51. The molecule has 2 rings (SSSR count). The Labute approximate surface area is 139 Å². The lowest BCUT2D eigenvalue weighted by Crippen LogP contribution is -2.30. The zero-order chi connectivity index (χ0) is 16.1. The summed E-state index contributed by atoms with van der Waals surface area (Å²) < 4.78 is 1.55.